The number of benzene rings is 2. The highest BCUT2D eigenvalue weighted by Gasteiger charge is 2.27. The van der Waals surface area contributed by atoms with Gasteiger partial charge in [0.1, 0.15) is 12.3 Å². The Balaban J connectivity index is 2.47. The van der Waals surface area contributed by atoms with Crippen molar-refractivity contribution < 1.29 is 17.9 Å². The zero-order chi connectivity index (χ0) is 20.0. The number of ether oxygens (including phenoxy) is 1. The van der Waals surface area contributed by atoms with Crippen molar-refractivity contribution in [2.45, 2.75) is 25.2 Å². The lowest BCUT2D eigenvalue weighted by atomic mass is 10.2. The molecule has 0 radical (unpaired) electrons. The third-order valence-corrected chi connectivity index (χ3v) is 5.98. The van der Waals surface area contributed by atoms with Gasteiger partial charge in [-0.3, -0.25) is 9.10 Å². The van der Waals surface area contributed by atoms with Crippen LogP contribution in [-0.4, -0.2) is 34.5 Å². The molecule has 1 amide bonds. The summed E-state index contributed by atoms with van der Waals surface area (Å²) in [5.41, 5.74) is 1.22. The van der Waals surface area contributed by atoms with Crippen LogP contribution in [0.4, 0.5) is 5.69 Å². The van der Waals surface area contributed by atoms with Crippen molar-refractivity contribution in [2.24, 2.45) is 0 Å². The van der Waals surface area contributed by atoms with Crippen LogP contribution in [0.2, 0.25) is 5.02 Å². The molecule has 0 aromatic heterocycles. The molecule has 2 aromatic carbocycles. The molecular formula is C19H23ClN2O4S. The Morgan fingerprint density at radius 3 is 2.41 bits per heavy atom. The number of carbonyl (C=O) groups excluding carboxylic acids is 1. The van der Waals surface area contributed by atoms with Crippen LogP contribution in [0.25, 0.3) is 0 Å². The van der Waals surface area contributed by atoms with Gasteiger partial charge >= 0.3 is 0 Å². The van der Waals surface area contributed by atoms with E-state index in [1.807, 2.05) is 13.8 Å². The second kappa shape index (κ2) is 9.10. The fourth-order valence-corrected chi connectivity index (χ4v) is 4.08. The molecule has 0 aliphatic carbocycles. The maximum Gasteiger partial charge on any atom is 0.264 e. The number of sulfonamides is 1. The van der Waals surface area contributed by atoms with Gasteiger partial charge in [-0.15, -0.1) is 0 Å². The molecule has 0 heterocycles. The summed E-state index contributed by atoms with van der Waals surface area (Å²) >= 11 is 6.16. The van der Waals surface area contributed by atoms with Gasteiger partial charge in [0, 0.05) is 6.54 Å². The fourth-order valence-electron chi connectivity index (χ4n) is 2.41. The van der Waals surface area contributed by atoms with Gasteiger partial charge in [-0.1, -0.05) is 36.2 Å². The number of nitrogens with zero attached hydrogens (tertiary/aromatic N) is 1. The van der Waals surface area contributed by atoms with Gasteiger partial charge in [-0.25, -0.2) is 8.42 Å². The average Bonchev–Trinajstić information content (AvgIpc) is 2.64. The Hall–Kier alpha value is -2.25. The van der Waals surface area contributed by atoms with Crippen LogP contribution in [0.5, 0.6) is 5.75 Å². The highest BCUT2D eigenvalue weighted by Crippen LogP contribution is 2.31. The number of nitrogens with one attached hydrogen (secondary N) is 1. The predicted octanol–water partition coefficient (Wildman–Crippen LogP) is 3.38. The van der Waals surface area contributed by atoms with Gasteiger partial charge in [0.25, 0.3) is 10.0 Å². The molecule has 2 aromatic rings. The maximum atomic E-state index is 13.2. The van der Waals surface area contributed by atoms with E-state index in [0.717, 1.165) is 16.3 Å². The van der Waals surface area contributed by atoms with Gasteiger partial charge in [0.15, 0.2) is 0 Å². The Kier molecular flexibility index (Phi) is 7.10. The summed E-state index contributed by atoms with van der Waals surface area (Å²) in [6, 6.07) is 11.1. The van der Waals surface area contributed by atoms with E-state index in [9.17, 15) is 13.2 Å². The molecule has 0 fully saturated rings. The first-order chi connectivity index (χ1) is 12.8. The highest BCUT2D eigenvalue weighted by molar-refractivity contribution is 7.92. The van der Waals surface area contributed by atoms with Crippen molar-refractivity contribution in [3.63, 3.8) is 0 Å². The second-order valence-electron chi connectivity index (χ2n) is 5.99. The minimum atomic E-state index is -3.95. The van der Waals surface area contributed by atoms with Gasteiger partial charge in [-0.05, 0) is 43.7 Å². The van der Waals surface area contributed by atoms with Crippen molar-refractivity contribution in [3.05, 3.63) is 53.1 Å². The predicted molar refractivity (Wildman–Crippen MR) is 107 cm³/mol. The lowest BCUT2D eigenvalue weighted by Crippen LogP contribution is -2.41. The molecule has 0 saturated heterocycles. The van der Waals surface area contributed by atoms with E-state index in [1.54, 1.807) is 24.3 Å². The second-order valence-corrected chi connectivity index (χ2v) is 8.26. The van der Waals surface area contributed by atoms with Crippen LogP contribution in [0.3, 0.4) is 0 Å². The Bertz CT molecular complexity index is 898. The first-order valence-electron chi connectivity index (χ1n) is 8.49. The summed E-state index contributed by atoms with van der Waals surface area (Å²) in [5.74, 6) is 0.0306. The summed E-state index contributed by atoms with van der Waals surface area (Å²) < 4.78 is 32.5. The number of methoxy groups -OCH3 is 1. The summed E-state index contributed by atoms with van der Waals surface area (Å²) in [7, 11) is -2.48. The van der Waals surface area contributed by atoms with Crippen LogP contribution in [0.15, 0.2) is 47.4 Å². The number of aryl methyl sites for hydroxylation is 1. The van der Waals surface area contributed by atoms with Gasteiger partial charge in [0.05, 0.1) is 22.7 Å². The summed E-state index contributed by atoms with van der Waals surface area (Å²) in [6.07, 6.45) is 0.755. The number of anilines is 1. The minimum absolute atomic E-state index is 0.100. The standard InChI is InChI=1S/C19H23ClN2O4S/c1-4-11-21-19(23)13-22(15-7-10-18(26-3)17(20)12-15)27(24,25)16-8-5-14(2)6-9-16/h5-10,12H,4,11,13H2,1-3H3,(H,21,23). The van der Waals surface area contributed by atoms with Crippen LogP contribution in [-0.2, 0) is 14.8 Å². The summed E-state index contributed by atoms with van der Waals surface area (Å²) in [5, 5.41) is 2.96. The minimum Gasteiger partial charge on any atom is -0.495 e. The fraction of sp³-hybridized carbons (Fsp3) is 0.316. The SMILES string of the molecule is CCCNC(=O)CN(c1ccc(OC)c(Cl)c1)S(=O)(=O)c1ccc(C)cc1. The lowest BCUT2D eigenvalue weighted by molar-refractivity contribution is -0.119. The van der Waals surface area contributed by atoms with Gasteiger partial charge in [-0.2, -0.15) is 0 Å². The Morgan fingerprint density at radius 2 is 1.85 bits per heavy atom. The summed E-state index contributed by atoms with van der Waals surface area (Å²) in [4.78, 5) is 12.4. The maximum absolute atomic E-state index is 13.2. The van der Waals surface area contributed by atoms with Crippen molar-refractivity contribution >= 4 is 33.2 Å². The first kappa shape index (κ1) is 21.1. The molecule has 0 aliphatic rings. The summed E-state index contributed by atoms with van der Waals surface area (Å²) in [6.45, 7) is 3.92. The molecule has 0 saturated carbocycles. The average molecular weight is 411 g/mol. The number of hydrogen-bond donors (Lipinski definition) is 1. The molecule has 0 unspecified atom stereocenters. The molecule has 0 bridgehead atoms. The molecule has 2 rings (SSSR count). The molecule has 0 spiro atoms. The third kappa shape index (κ3) is 5.14. The van der Waals surface area contributed by atoms with Gasteiger partial charge in [0.2, 0.25) is 5.91 Å². The van der Waals surface area contributed by atoms with Crippen LogP contribution < -0.4 is 14.4 Å². The monoisotopic (exact) mass is 410 g/mol. The molecule has 0 atom stereocenters. The van der Waals surface area contributed by atoms with Crippen LogP contribution in [0, 0.1) is 6.92 Å². The quantitative estimate of drug-likeness (QED) is 0.723. The van der Waals surface area contributed by atoms with E-state index in [4.69, 9.17) is 16.3 Å². The van der Waals surface area contributed by atoms with E-state index in [2.05, 4.69) is 5.32 Å². The van der Waals surface area contributed by atoms with Crippen molar-refractivity contribution in [1.29, 1.82) is 0 Å². The third-order valence-electron chi connectivity index (χ3n) is 3.89. The Labute approximate surface area is 165 Å². The Morgan fingerprint density at radius 1 is 1.19 bits per heavy atom. The highest BCUT2D eigenvalue weighted by atomic mass is 35.5. The normalized spacial score (nSPS) is 11.1. The smallest absolute Gasteiger partial charge is 0.264 e. The van der Waals surface area contributed by atoms with Gasteiger partial charge < -0.3 is 10.1 Å². The molecule has 1 N–H and O–H groups in total. The van der Waals surface area contributed by atoms with E-state index in [1.165, 1.54) is 25.3 Å². The molecule has 8 heteroatoms. The molecule has 27 heavy (non-hydrogen) atoms. The topological polar surface area (TPSA) is 75.7 Å². The molecule has 0 aliphatic heterocycles. The number of amides is 1. The zero-order valence-electron chi connectivity index (χ0n) is 15.5. The zero-order valence-corrected chi connectivity index (χ0v) is 17.1. The van der Waals surface area contributed by atoms with Crippen molar-refractivity contribution in [3.8, 4) is 5.75 Å². The number of halogens is 1. The largest absolute Gasteiger partial charge is 0.495 e. The molecule has 146 valence electrons. The van der Waals surface area contributed by atoms with E-state index in [0.29, 0.717) is 12.3 Å². The molecular weight excluding hydrogens is 388 g/mol. The van der Waals surface area contributed by atoms with Crippen molar-refractivity contribution in [1.82, 2.24) is 5.32 Å². The van der Waals surface area contributed by atoms with Crippen LogP contribution >= 0.6 is 11.6 Å². The van der Waals surface area contributed by atoms with Crippen LogP contribution in [0.1, 0.15) is 18.9 Å². The first-order valence-corrected chi connectivity index (χ1v) is 10.3. The van der Waals surface area contributed by atoms with Crippen molar-refractivity contribution in [2.75, 3.05) is 24.5 Å². The number of rotatable bonds is 8. The number of carbonyl (C=O) groups is 1. The van der Waals surface area contributed by atoms with E-state index in [-0.39, 0.29) is 28.1 Å². The van der Waals surface area contributed by atoms with E-state index >= 15 is 0 Å². The lowest BCUT2D eigenvalue weighted by Gasteiger charge is -2.24. The van der Waals surface area contributed by atoms with E-state index < -0.39 is 10.0 Å². The molecule has 6 nitrogen and oxygen atoms in total. The number of hydrogen-bond acceptors (Lipinski definition) is 4.